The van der Waals surface area contributed by atoms with Crippen molar-refractivity contribution < 1.29 is 23.9 Å². The molecule has 1 aliphatic heterocycles. The first-order chi connectivity index (χ1) is 13.8. The monoisotopic (exact) mass is 412 g/mol. The van der Waals surface area contributed by atoms with E-state index in [1.165, 1.54) is 25.6 Å². The van der Waals surface area contributed by atoms with Crippen LogP contribution in [0.2, 0.25) is 0 Å². The van der Waals surface area contributed by atoms with Crippen LogP contribution in [-0.4, -0.2) is 35.4 Å². The third kappa shape index (κ3) is 5.23. The van der Waals surface area contributed by atoms with Gasteiger partial charge in [0.15, 0.2) is 11.9 Å². The smallest absolute Gasteiger partial charge is 0.338 e. The average Bonchev–Trinajstić information content (AvgIpc) is 2.87. The van der Waals surface area contributed by atoms with E-state index in [0.29, 0.717) is 29.1 Å². The number of ketones is 1. The molecule has 2 amide bonds. The molecule has 0 radical (unpaired) electrons. The second-order valence-electron chi connectivity index (χ2n) is 6.53. The molecule has 0 saturated carbocycles. The Morgan fingerprint density at radius 2 is 1.93 bits per heavy atom. The summed E-state index contributed by atoms with van der Waals surface area (Å²) in [6.07, 6.45) is -0.646. The predicted molar refractivity (Wildman–Crippen MR) is 110 cm³/mol. The van der Waals surface area contributed by atoms with Gasteiger partial charge >= 0.3 is 5.97 Å². The minimum absolute atomic E-state index is 0.109. The number of Topliss-reactive ketones (excluding diaryl/α,β-unsaturated/α-hetero) is 1. The quantitative estimate of drug-likeness (QED) is 0.576. The molecule has 0 saturated heterocycles. The summed E-state index contributed by atoms with van der Waals surface area (Å²) in [5.41, 5.74) is 1.71. The summed E-state index contributed by atoms with van der Waals surface area (Å²) >= 11 is 1.53. The maximum absolute atomic E-state index is 12.4. The minimum atomic E-state index is -1.05. The molecule has 150 valence electrons. The zero-order valence-corrected chi connectivity index (χ0v) is 16.8. The number of amides is 2. The molecule has 1 heterocycles. The largest absolute Gasteiger partial charge is 0.449 e. The molecule has 1 atom stereocenters. The number of benzene rings is 2. The number of carbonyl (C=O) groups excluding carboxylic acids is 4. The van der Waals surface area contributed by atoms with Crippen molar-refractivity contribution in [1.29, 1.82) is 0 Å². The lowest BCUT2D eigenvalue weighted by molar-refractivity contribution is -0.123. The molecule has 0 aliphatic carbocycles. The van der Waals surface area contributed by atoms with Crippen LogP contribution in [0, 0.1) is 0 Å². The molecule has 2 aromatic rings. The number of rotatable bonds is 5. The van der Waals surface area contributed by atoms with Crippen molar-refractivity contribution in [2.45, 2.75) is 31.3 Å². The predicted octanol–water partition coefficient (Wildman–Crippen LogP) is 3.51. The lowest BCUT2D eigenvalue weighted by Gasteiger charge is -2.15. The maximum atomic E-state index is 12.4. The van der Waals surface area contributed by atoms with Crippen LogP contribution in [0.15, 0.2) is 47.4 Å². The molecule has 2 N–H and O–H groups in total. The van der Waals surface area contributed by atoms with E-state index in [-0.39, 0.29) is 17.3 Å². The Morgan fingerprint density at radius 1 is 1.14 bits per heavy atom. The zero-order chi connectivity index (χ0) is 21.0. The van der Waals surface area contributed by atoms with Gasteiger partial charge in [0.1, 0.15) is 0 Å². The molecule has 2 aromatic carbocycles. The van der Waals surface area contributed by atoms with Crippen LogP contribution in [0.25, 0.3) is 0 Å². The first kappa shape index (κ1) is 20.6. The number of carbonyl (C=O) groups is 4. The number of hydrogen-bond donors (Lipinski definition) is 2. The summed E-state index contributed by atoms with van der Waals surface area (Å²) < 4.78 is 5.26. The third-order valence-corrected chi connectivity index (χ3v) is 5.34. The summed E-state index contributed by atoms with van der Waals surface area (Å²) in [5.74, 6) is -0.740. The Labute approximate surface area is 172 Å². The van der Waals surface area contributed by atoms with Gasteiger partial charge in [0, 0.05) is 28.3 Å². The number of thioether (sulfide) groups is 1. The van der Waals surface area contributed by atoms with Crippen LogP contribution in [0.5, 0.6) is 0 Å². The van der Waals surface area contributed by atoms with Gasteiger partial charge in [-0.1, -0.05) is 12.1 Å². The third-order valence-electron chi connectivity index (χ3n) is 4.27. The van der Waals surface area contributed by atoms with Crippen molar-refractivity contribution in [3.8, 4) is 0 Å². The number of fused-ring (bicyclic) bond motifs is 1. The summed E-state index contributed by atoms with van der Waals surface area (Å²) in [6.45, 7) is 2.90. The van der Waals surface area contributed by atoms with Crippen LogP contribution in [0.4, 0.5) is 11.4 Å². The molecule has 8 heteroatoms. The van der Waals surface area contributed by atoms with Gasteiger partial charge in [-0.3, -0.25) is 14.4 Å². The number of ether oxygens (including phenoxy) is 1. The summed E-state index contributed by atoms with van der Waals surface area (Å²) in [4.78, 5) is 48.8. The van der Waals surface area contributed by atoms with Gasteiger partial charge in [0.25, 0.3) is 5.91 Å². The van der Waals surface area contributed by atoms with Crippen molar-refractivity contribution >= 4 is 46.7 Å². The topological polar surface area (TPSA) is 102 Å². The average molecular weight is 412 g/mol. The molecule has 0 aromatic heterocycles. The van der Waals surface area contributed by atoms with Crippen molar-refractivity contribution in [3.63, 3.8) is 0 Å². The molecular weight excluding hydrogens is 392 g/mol. The summed E-state index contributed by atoms with van der Waals surface area (Å²) in [7, 11) is 0. The van der Waals surface area contributed by atoms with E-state index in [9.17, 15) is 19.2 Å². The molecule has 29 heavy (non-hydrogen) atoms. The van der Waals surface area contributed by atoms with E-state index in [2.05, 4.69) is 10.6 Å². The van der Waals surface area contributed by atoms with E-state index in [1.54, 1.807) is 42.5 Å². The van der Waals surface area contributed by atoms with Gasteiger partial charge in [0.2, 0.25) is 5.91 Å². The van der Waals surface area contributed by atoms with E-state index in [4.69, 9.17) is 4.74 Å². The Balaban J connectivity index is 1.65. The Morgan fingerprint density at radius 3 is 2.69 bits per heavy atom. The van der Waals surface area contributed by atoms with Gasteiger partial charge in [-0.05, 0) is 44.2 Å². The fourth-order valence-electron chi connectivity index (χ4n) is 2.69. The molecule has 0 unspecified atom stereocenters. The Kier molecular flexibility index (Phi) is 6.33. The number of nitrogens with one attached hydrogen (secondary N) is 2. The summed E-state index contributed by atoms with van der Waals surface area (Å²) in [6, 6.07) is 11.4. The van der Waals surface area contributed by atoms with Gasteiger partial charge in [-0.15, -0.1) is 11.8 Å². The molecule has 0 bridgehead atoms. The van der Waals surface area contributed by atoms with Gasteiger partial charge in [-0.25, -0.2) is 4.79 Å². The molecule has 1 aliphatic rings. The normalized spacial score (nSPS) is 14.1. The standard InChI is InChI=1S/C21H20N2O5S/c1-12(24)14-4-3-5-16(10-14)22-20(26)13(2)28-21(27)15-6-7-18-17(11-15)23-19(25)8-9-29-18/h3-7,10-11,13H,8-9H2,1-2H3,(H,22,26)(H,23,25)/t13-/m0/s1. The second kappa shape index (κ2) is 8.91. The first-order valence-corrected chi connectivity index (χ1v) is 10.0. The second-order valence-corrected chi connectivity index (χ2v) is 7.67. The summed E-state index contributed by atoms with van der Waals surface area (Å²) in [5, 5.41) is 5.40. The van der Waals surface area contributed by atoms with Gasteiger partial charge < -0.3 is 15.4 Å². The van der Waals surface area contributed by atoms with Crippen LogP contribution in [-0.2, 0) is 14.3 Å². The number of esters is 1. The SMILES string of the molecule is CC(=O)c1cccc(NC(=O)[C@H](C)OC(=O)c2ccc3c(c2)NC(=O)CCS3)c1. The lowest BCUT2D eigenvalue weighted by atomic mass is 10.1. The maximum Gasteiger partial charge on any atom is 0.338 e. The van der Waals surface area contributed by atoms with Crippen LogP contribution in [0.1, 0.15) is 41.0 Å². The highest BCUT2D eigenvalue weighted by Gasteiger charge is 2.21. The lowest BCUT2D eigenvalue weighted by Crippen LogP contribution is -2.30. The fourth-order valence-corrected chi connectivity index (χ4v) is 3.63. The Bertz CT molecular complexity index is 989. The minimum Gasteiger partial charge on any atom is -0.449 e. The molecule has 0 spiro atoms. The highest BCUT2D eigenvalue weighted by Crippen LogP contribution is 2.31. The van der Waals surface area contributed by atoms with E-state index in [0.717, 1.165) is 4.90 Å². The van der Waals surface area contributed by atoms with Crippen molar-refractivity contribution in [2.75, 3.05) is 16.4 Å². The van der Waals surface area contributed by atoms with E-state index in [1.807, 2.05) is 0 Å². The molecule has 0 fully saturated rings. The Hall–Kier alpha value is -3.13. The first-order valence-electron chi connectivity index (χ1n) is 9.03. The molecule has 3 rings (SSSR count). The number of hydrogen-bond acceptors (Lipinski definition) is 6. The van der Waals surface area contributed by atoms with Gasteiger partial charge in [-0.2, -0.15) is 0 Å². The van der Waals surface area contributed by atoms with Crippen molar-refractivity contribution in [1.82, 2.24) is 0 Å². The highest BCUT2D eigenvalue weighted by molar-refractivity contribution is 7.99. The molecule has 7 nitrogen and oxygen atoms in total. The zero-order valence-electron chi connectivity index (χ0n) is 16.0. The molecular formula is C21H20N2O5S. The highest BCUT2D eigenvalue weighted by atomic mass is 32.2. The van der Waals surface area contributed by atoms with Crippen LogP contribution < -0.4 is 10.6 Å². The van der Waals surface area contributed by atoms with Gasteiger partial charge in [0.05, 0.1) is 11.3 Å². The van der Waals surface area contributed by atoms with E-state index >= 15 is 0 Å². The number of anilines is 2. The fraction of sp³-hybridized carbons (Fsp3) is 0.238. The van der Waals surface area contributed by atoms with Crippen LogP contribution >= 0.6 is 11.8 Å². The van der Waals surface area contributed by atoms with E-state index < -0.39 is 18.0 Å². The van der Waals surface area contributed by atoms with Crippen molar-refractivity contribution in [2.24, 2.45) is 0 Å². The van der Waals surface area contributed by atoms with Crippen LogP contribution in [0.3, 0.4) is 0 Å². The van der Waals surface area contributed by atoms with Crippen molar-refractivity contribution in [3.05, 3.63) is 53.6 Å².